The number of hydrogen-bond acceptors (Lipinski definition) is 3. The monoisotopic (exact) mass is 141 g/mol. The molecule has 2 N–H and O–H groups in total. The molecule has 10 heavy (non-hydrogen) atoms. The van der Waals surface area contributed by atoms with E-state index in [0.717, 1.165) is 12.7 Å². The number of piperidine rings is 1. The fourth-order valence-electron chi connectivity index (χ4n) is 1.92. The third-order valence-corrected chi connectivity index (χ3v) is 2.60. The van der Waals surface area contributed by atoms with Crippen molar-refractivity contribution in [2.45, 2.75) is 38.4 Å². The van der Waals surface area contributed by atoms with E-state index >= 15 is 0 Å². The molecule has 2 aliphatic rings. The normalized spacial score (nSPS) is 41.7. The second kappa shape index (κ2) is 2.49. The molecule has 0 radical (unpaired) electrons. The lowest BCUT2D eigenvalue weighted by Crippen LogP contribution is -2.44. The summed E-state index contributed by atoms with van der Waals surface area (Å²) in [4.78, 5) is 2.49. The maximum atomic E-state index is 3.26. The first-order chi connectivity index (χ1) is 4.88. The van der Waals surface area contributed by atoms with Crippen LogP contribution in [0.5, 0.6) is 0 Å². The molecule has 0 saturated carbocycles. The predicted molar refractivity (Wildman–Crippen MR) is 40.1 cm³/mol. The summed E-state index contributed by atoms with van der Waals surface area (Å²) in [5.74, 6) is 0. The number of rotatable bonds is 0. The van der Waals surface area contributed by atoms with Gasteiger partial charge in [-0.1, -0.05) is 0 Å². The Kier molecular flexibility index (Phi) is 1.64. The molecule has 1 unspecified atom stereocenters. The summed E-state index contributed by atoms with van der Waals surface area (Å²) in [5.41, 5.74) is 6.44. The number of hydrogen-bond donors (Lipinski definition) is 2. The van der Waals surface area contributed by atoms with Crippen molar-refractivity contribution >= 4 is 0 Å². The van der Waals surface area contributed by atoms with Gasteiger partial charge in [0.2, 0.25) is 0 Å². The number of fused-ring (bicyclic) bond motifs is 1. The molecule has 2 saturated heterocycles. The molecule has 3 nitrogen and oxygen atoms in total. The van der Waals surface area contributed by atoms with Gasteiger partial charge in [0.25, 0.3) is 0 Å². The molecule has 0 aromatic rings. The van der Waals surface area contributed by atoms with Gasteiger partial charge in [0.15, 0.2) is 0 Å². The van der Waals surface area contributed by atoms with Gasteiger partial charge in [-0.2, -0.15) is 0 Å². The Labute approximate surface area is 61.7 Å². The quantitative estimate of drug-likeness (QED) is 0.506. The molecule has 2 atom stereocenters. The summed E-state index contributed by atoms with van der Waals surface area (Å²) < 4.78 is 0. The van der Waals surface area contributed by atoms with E-state index in [1.807, 2.05) is 0 Å². The average Bonchev–Trinajstić information content (AvgIpc) is 2.36. The van der Waals surface area contributed by atoms with Crippen LogP contribution in [0.2, 0.25) is 0 Å². The molecule has 2 heterocycles. The second-order valence-electron chi connectivity index (χ2n) is 3.29. The summed E-state index contributed by atoms with van der Waals surface area (Å²) in [7, 11) is 0. The Bertz CT molecular complexity index is 126. The van der Waals surface area contributed by atoms with Crippen molar-refractivity contribution in [1.29, 1.82) is 0 Å². The summed E-state index contributed by atoms with van der Waals surface area (Å²) >= 11 is 0. The van der Waals surface area contributed by atoms with Crippen LogP contribution in [0.4, 0.5) is 0 Å². The van der Waals surface area contributed by atoms with Crippen molar-refractivity contribution in [3.05, 3.63) is 0 Å². The van der Waals surface area contributed by atoms with Crippen LogP contribution in [-0.2, 0) is 0 Å². The van der Waals surface area contributed by atoms with Gasteiger partial charge in [-0.05, 0) is 26.2 Å². The fraction of sp³-hybridized carbons (Fsp3) is 1.00. The van der Waals surface area contributed by atoms with Gasteiger partial charge in [-0.25, -0.2) is 10.9 Å². The minimum Gasteiger partial charge on any atom is -0.270 e. The van der Waals surface area contributed by atoms with E-state index in [-0.39, 0.29) is 0 Å². The molecule has 0 aromatic heterocycles. The summed E-state index contributed by atoms with van der Waals surface area (Å²) in [5, 5.41) is 0. The van der Waals surface area contributed by atoms with E-state index in [1.54, 1.807) is 0 Å². The number of nitrogens with one attached hydrogen (secondary N) is 2. The average molecular weight is 141 g/mol. The number of hydrazine groups is 1. The van der Waals surface area contributed by atoms with Crippen LogP contribution in [-0.4, -0.2) is 23.8 Å². The molecule has 0 spiro atoms. The summed E-state index contributed by atoms with van der Waals surface area (Å²) in [6.07, 6.45) is 4.65. The Morgan fingerprint density at radius 3 is 3.10 bits per heavy atom. The van der Waals surface area contributed by atoms with E-state index in [4.69, 9.17) is 0 Å². The largest absolute Gasteiger partial charge is 0.270 e. The highest BCUT2D eigenvalue weighted by atomic mass is 15.6. The first-order valence-corrected chi connectivity index (χ1v) is 4.12. The Balaban J connectivity index is 2.03. The van der Waals surface area contributed by atoms with E-state index < -0.39 is 0 Å². The Hall–Kier alpha value is -0.120. The van der Waals surface area contributed by atoms with Crippen LogP contribution >= 0.6 is 0 Å². The molecule has 0 amide bonds. The van der Waals surface area contributed by atoms with Crippen molar-refractivity contribution in [2.75, 3.05) is 6.67 Å². The molecular formula is C7H15N3. The van der Waals surface area contributed by atoms with Crippen LogP contribution in [0.1, 0.15) is 26.2 Å². The first kappa shape index (κ1) is 6.58. The zero-order valence-corrected chi connectivity index (χ0v) is 6.43. The zero-order chi connectivity index (χ0) is 6.97. The van der Waals surface area contributed by atoms with Crippen LogP contribution in [0.25, 0.3) is 0 Å². The summed E-state index contributed by atoms with van der Waals surface area (Å²) in [6, 6.07) is 0.765. The molecular weight excluding hydrogens is 126 g/mol. The molecule has 2 rings (SSSR count). The highest BCUT2D eigenvalue weighted by Gasteiger charge is 2.30. The summed E-state index contributed by atoms with van der Waals surface area (Å²) in [6.45, 7) is 3.33. The van der Waals surface area contributed by atoms with Crippen LogP contribution in [0.15, 0.2) is 0 Å². The highest BCUT2D eigenvalue weighted by molar-refractivity contribution is 4.82. The third kappa shape index (κ3) is 0.944. The van der Waals surface area contributed by atoms with E-state index in [2.05, 4.69) is 22.7 Å². The van der Waals surface area contributed by atoms with Gasteiger partial charge < -0.3 is 0 Å². The van der Waals surface area contributed by atoms with Crippen LogP contribution in [0.3, 0.4) is 0 Å². The van der Waals surface area contributed by atoms with Crippen molar-refractivity contribution < 1.29 is 0 Å². The standard InChI is InChI=1S/C7H15N3/c1-6-3-2-4-7-9-8-5-10(6)7/h6-9H,2-5H2,1H3/t6-,7?/m0/s1. The molecule has 0 bridgehead atoms. The third-order valence-electron chi connectivity index (χ3n) is 2.60. The lowest BCUT2D eigenvalue weighted by atomic mass is 10.0. The molecule has 58 valence electrons. The van der Waals surface area contributed by atoms with E-state index in [0.29, 0.717) is 6.17 Å². The van der Waals surface area contributed by atoms with Gasteiger partial charge in [-0.15, -0.1) is 0 Å². The lowest BCUT2D eigenvalue weighted by molar-refractivity contribution is 0.126. The van der Waals surface area contributed by atoms with Gasteiger partial charge >= 0.3 is 0 Å². The van der Waals surface area contributed by atoms with E-state index in [1.165, 1.54) is 19.3 Å². The predicted octanol–water partition coefficient (Wildman–Crippen LogP) is 0.252. The Morgan fingerprint density at radius 2 is 2.30 bits per heavy atom. The molecule has 2 aliphatic heterocycles. The Morgan fingerprint density at radius 1 is 1.40 bits per heavy atom. The smallest absolute Gasteiger partial charge is 0.0742 e. The maximum absolute atomic E-state index is 3.26. The second-order valence-corrected chi connectivity index (χ2v) is 3.29. The van der Waals surface area contributed by atoms with Crippen LogP contribution in [0, 0.1) is 0 Å². The van der Waals surface area contributed by atoms with Crippen molar-refractivity contribution in [3.8, 4) is 0 Å². The van der Waals surface area contributed by atoms with Gasteiger partial charge in [0, 0.05) is 6.04 Å². The lowest BCUT2D eigenvalue weighted by Gasteiger charge is -2.33. The SMILES string of the molecule is C[C@H]1CCCC2NNCN21. The van der Waals surface area contributed by atoms with E-state index in [9.17, 15) is 0 Å². The fourth-order valence-corrected chi connectivity index (χ4v) is 1.92. The minimum absolute atomic E-state index is 0.615. The van der Waals surface area contributed by atoms with Crippen molar-refractivity contribution in [1.82, 2.24) is 15.8 Å². The zero-order valence-electron chi connectivity index (χ0n) is 6.43. The minimum atomic E-state index is 0.615. The molecule has 0 aromatic carbocycles. The van der Waals surface area contributed by atoms with Gasteiger partial charge in [0.05, 0.1) is 12.8 Å². The highest BCUT2D eigenvalue weighted by Crippen LogP contribution is 2.21. The number of nitrogens with zero attached hydrogens (tertiary/aromatic N) is 1. The topological polar surface area (TPSA) is 27.3 Å². The van der Waals surface area contributed by atoms with Gasteiger partial charge in [-0.3, -0.25) is 4.90 Å². The van der Waals surface area contributed by atoms with Crippen molar-refractivity contribution in [2.24, 2.45) is 0 Å². The first-order valence-electron chi connectivity index (χ1n) is 4.12. The van der Waals surface area contributed by atoms with Gasteiger partial charge in [0.1, 0.15) is 0 Å². The molecule has 3 heteroatoms. The molecule has 0 aliphatic carbocycles. The van der Waals surface area contributed by atoms with Crippen LogP contribution < -0.4 is 10.9 Å². The maximum Gasteiger partial charge on any atom is 0.0742 e. The molecule has 2 fully saturated rings. The van der Waals surface area contributed by atoms with Crippen molar-refractivity contribution in [3.63, 3.8) is 0 Å².